The van der Waals surface area contributed by atoms with Crippen LogP contribution in [0.5, 0.6) is 5.75 Å². The second-order valence-electron chi connectivity index (χ2n) is 4.47. The fraction of sp³-hybridized carbons (Fsp3) is 0.0588. The molecule has 4 nitrogen and oxygen atoms in total. The topological polar surface area (TPSA) is 45.6 Å². The average molecular weight is 390 g/mol. The van der Waals surface area contributed by atoms with E-state index in [0.717, 1.165) is 21.5 Å². The van der Waals surface area contributed by atoms with Gasteiger partial charge in [0.15, 0.2) is 5.11 Å². The maximum absolute atomic E-state index is 5.59. The molecule has 118 valence electrons. The SMILES string of the molecule is C=CCOc1ccc(Br)cc1/C=N\NC(=S)Nc1ccccc1. The molecule has 6 heteroatoms. The highest BCUT2D eigenvalue weighted by atomic mass is 79.9. The summed E-state index contributed by atoms with van der Waals surface area (Å²) >= 11 is 8.62. The minimum absolute atomic E-state index is 0.413. The molecule has 2 aromatic rings. The first-order chi connectivity index (χ1) is 11.2. The normalized spacial score (nSPS) is 10.3. The fourth-order valence-corrected chi connectivity index (χ4v) is 2.29. The summed E-state index contributed by atoms with van der Waals surface area (Å²) in [6.07, 6.45) is 3.35. The quantitative estimate of drug-likeness (QED) is 0.334. The van der Waals surface area contributed by atoms with Crippen LogP contribution < -0.4 is 15.5 Å². The van der Waals surface area contributed by atoms with Gasteiger partial charge in [-0.25, -0.2) is 0 Å². The Morgan fingerprint density at radius 2 is 2.04 bits per heavy atom. The Hall–Kier alpha value is -2.18. The first-order valence-corrected chi connectivity index (χ1v) is 8.07. The number of halogens is 1. The molecule has 0 amide bonds. The van der Waals surface area contributed by atoms with Gasteiger partial charge in [-0.1, -0.05) is 46.8 Å². The smallest absolute Gasteiger partial charge is 0.191 e. The van der Waals surface area contributed by atoms with Gasteiger partial charge in [-0.3, -0.25) is 5.43 Å². The maximum atomic E-state index is 5.59. The van der Waals surface area contributed by atoms with E-state index in [4.69, 9.17) is 17.0 Å². The number of anilines is 1. The molecule has 0 unspecified atom stereocenters. The monoisotopic (exact) mass is 389 g/mol. The molecule has 0 saturated carbocycles. The highest BCUT2D eigenvalue weighted by Gasteiger charge is 2.02. The number of hydrogen-bond donors (Lipinski definition) is 2. The highest BCUT2D eigenvalue weighted by Crippen LogP contribution is 2.21. The van der Waals surface area contributed by atoms with Crippen molar-refractivity contribution in [3.05, 3.63) is 71.2 Å². The van der Waals surface area contributed by atoms with Crippen molar-refractivity contribution in [3.63, 3.8) is 0 Å². The summed E-state index contributed by atoms with van der Waals surface area (Å²) in [6.45, 7) is 4.08. The number of nitrogens with one attached hydrogen (secondary N) is 2. The van der Waals surface area contributed by atoms with Crippen LogP contribution in [0.1, 0.15) is 5.56 Å². The van der Waals surface area contributed by atoms with Gasteiger partial charge >= 0.3 is 0 Å². The Kier molecular flexibility index (Phi) is 6.77. The number of hydrazone groups is 1. The van der Waals surface area contributed by atoms with Crippen LogP contribution in [0.25, 0.3) is 0 Å². The molecular weight excluding hydrogens is 374 g/mol. The van der Waals surface area contributed by atoms with Crippen LogP contribution in [0.15, 0.2) is 70.8 Å². The summed E-state index contributed by atoms with van der Waals surface area (Å²) in [5, 5.41) is 7.60. The van der Waals surface area contributed by atoms with Crippen molar-refractivity contribution in [2.45, 2.75) is 0 Å². The third-order valence-electron chi connectivity index (χ3n) is 2.73. The van der Waals surface area contributed by atoms with Gasteiger partial charge in [-0.05, 0) is 42.5 Å². The predicted octanol–water partition coefficient (Wildman–Crippen LogP) is 4.33. The molecule has 0 heterocycles. The molecule has 0 saturated heterocycles. The van der Waals surface area contributed by atoms with E-state index in [1.165, 1.54) is 0 Å². The molecule has 23 heavy (non-hydrogen) atoms. The van der Waals surface area contributed by atoms with Gasteiger partial charge in [-0.2, -0.15) is 5.10 Å². The Bertz CT molecular complexity index is 704. The van der Waals surface area contributed by atoms with Gasteiger partial charge in [0.25, 0.3) is 0 Å². The molecule has 0 aliphatic carbocycles. The van der Waals surface area contributed by atoms with E-state index >= 15 is 0 Å². The first kappa shape index (κ1) is 17.2. The van der Waals surface area contributed by atoms with E-state index < -0.39 is 0 Å². The van der Waals surface area contributed by atoms with Crippen molar-refractivity contribution in [3.8, 4) is 5.75 Å². The van der Waals surface area contributed by atoms with Crippen LogP contribution in [0.3, 0.4) is 0 Å². The fourth-order valence-electron chi connectivity index (χ4n) is 1.74. The summed E-state index contributed by atoms with van der Waals surface area (Å²) in [5.41, 5.74) is 4.51. The minimum Gasteiger partial charge on any atom is -0.489 e. The molecule has 0 fully saturated rings. The Morgan fingerprint density at radius 3 is 2.78 bits per heavy atom. The predicted molar refractivity (Wildman–Crippen MR) is 103 cm³/mol. The van der Waals surface area contributed by atoms with Crippen LogP contribution in [-0.2, 0) is 0 Å². The van der Waals surface area contributed by atoms with Crippen molar-refractivity contribution < 1.29 is 4.74 Å². The van der Waals surface area contributed by atoms with Gasteiger partial charge in [0.2, 0.25) is 0 Å². The lowest BCUT2D eigenvalue weighted by Gasteiger charge is -2.08. The molecule has 0 aromatic heterocycles. The van der Waals surface area contributed by atoms with Gasteiger partial charge in [0, 0.05) is 15.7 Å². The molecule has 2 aromatic carbocycles. The zero-order chi connectivity index (χ0) is 16.5. The Balaban J connectivity index is 1.98. The van der Waals surface area contributed by atoms with Crippen molar-refractivity contribution >= 4 is 45.2 Å². The number of thiocarbonyl (C=S) groups is 1. The van der Waals surface area contributed by atoms with Crippen LogP contribution in [0, 0.1) is 0 Å². The molecular formula is C17H16BrN3OS. The number of hydrogen-bond acceptors (Lipinski definition) is 3. The highest BCUT2D eigenvalue weighted by molar-refractivity contribution is 9.10. The Morgan fingerprint density at radius 1 is 1.26 bits per heavy atom. The van der Waals surface area contributed by atoms with Gasteiger partial charge in [0.1, 0.15) is 12.4 Å². The van der Waals surface area contributed by atoms with E-state index in [1.54, 1.807) is 12.3 Å². The van der Waals surface area contributed by atoms with Gasteiger partial charge in [0.05, 0.1) is 6.21 Å². The Labute approximate surface area is 149 Å². The van der Waals surface area contributed by atoms with E-state index in [9.17, 15) is 0 Å². The summed E-state index contributed by atoms with van der Waals surface area (Å²) in [6, 6.07) is 15.3. The standard InChI is InChI=1S/C17H16BrN3OS/c1-2-10-22-16-9-8-14(18)11-13(16)12-19-21-17(23)20-15-6-4-3-5-7-15/h2-9,11-12H,1,10H2,(H2,20,21,23)/b19-12-. The number of nitrogens with zero attached hydrogens (tertiary/aromatic N) is 1. The number of ether oxygens (including phenoxy) is 1. The molecule has 0 spiro atoms. The van der Waals surface area contributed by atoms with Crippen LogP contribution in [-0.4, -0.2) is 17.9 Å². The summed E-state index contributed by atoms with van der Waals surface area (Å²) in [7, 11) is 0. The lowest BCUT2D eigenvalue weighted by Crippen LogP contribution is -2.23. The van der Waals surface area contributed by atoms with Crippen molar-refractivity contribution in [1.82, 2.24) is 5.43 Å². The summed E-state index contributed by atoms with van der Waals surface area (Å²) < 4.78 is 6.53. The van der Waals surface area contributed by atoms with Crippen molar-refractivity contribution in [2.75, 3.05) is 11.9 Å². The average Bonchev–Trinajstić information content (AvgIpc) is 2.55. The van der Waals surface area contributed by atoms with Crippen LogP contribution in [0.4, 0.5) is 5.69 Å². The molecule has 2 N–H and O–H groups in total. The van der Waals surface area contributed by atoms with Gasteiger partial charge < -0.3 is 10.1 Å². The number of rotatable bonds is 6. The second kappa shape index (κ2) is 9.07. The number of benzene rings is 2. The molecule has 0 atom stereocenters. The third-order valence-corrected chi connectivity index (χ3v) is 3.42. The lowest BCUT2D eigenvalue weighted by molar-refractivity contribution is 0.362. The summed E-state index contributed by atoms with van der Waals surface area (Å²) in [5.74, 6) is 0.723. The largest absolute Gasteiger partial charge is 0.489 e. The first-order valence-electron chi connectivity index (χ1n) is 6.87. The minimum atomic E-state index is 0.413. The summed E-state index contributed by atoms with van der Waals surface area (Å²) in [4.78, 5) is 0. The number of para-hydroxylation sites is 1. The zero-order valence-corrected chi connectivity index (χ0v) is 14.7. The van der Waals surface area contributed by atoms with E-state index in [2.05, 4.69) is 38.4 Å². The van der Waals surface area contributed by atoms with Crippen molar-refractivity contribution in [1.29, 1.82) is 0 Å². The molecule has 0 bridgehead atoms. The molecule has 0 radical (unpaired) electrons. The maximum Gasteiger partial charge on any atom is 0.191 e. The molecule has 2 rings (SSSR count). The van der Waals surface area contributed by atoms with E-state index in [-0.39, 0.29) is 0 Å². The van der Waals surface area contributed by atoms with Gasteiger partial charge in [-0.15, -0.1) is 0 Å². The van der Waals surface area contributed by atoms with Crippen LogP contribution >= 0.6 is 28.1 Å². The molecule has 0 aliphatic heterocycles. The van der Waals surface area contributed by atoms with Crippen LogP contribution in [0.2, 0.25) is 0 Å². The van der Waals surface area contributed by atoms with Crippen molar-refractivity contribution in [2.24, 2.45) is 5.10 Å². The lowest BCUT2D eigenvalue weighted by atomic mass is 10.2. The molecule has 0 aliphatic rings. The third kappa shape index (κ3) is 5.84. The zero-order valence-electron chi connectivity index (χ0n) is 12.3. The van der Waals surface area contributed by atoms with E-state index in [1.807, 2.05) is 48.5 Å². The second-order valence-corrected chi connectivity index (χ2v) is 5.80. The van der Waals surface area contributed by atoms with E-state index in [0.29, 0.717) is 11.7 Å².